The van der Waals surface area contributed by atoms with Crippen molar-refractivity contribution in [1.82, 2.24) is 0 Å². The van der Waals surface area contributed by atoms with Gasteiger partial charge in [-0.3, -0.25) is 0 Å². The van der Waals surface area contributed by atoms with Crippen molar-refractivity contribution in [3.8, 4) is 0 Å². The Kier molecular flexibility index (Phi) is 3.52. The van der Waals surface area contributed by atoms with Crippen LogP contribution in [0.25, 0.3) is 0 Å². The Labute approximate surface area is 99.9 Å². The van der Waals surface area contributed by atoms with E-state index in [0.717, 1.165) is 11.3 Å². The van der Waals surface area contributed by atoms with Gasteiger partial charge in [0.1, 0.15) is 12.2 Å². The molecule has 1 atom stereocenters. The fraction of sp³-hybridized carbons (Fsp3) is 0.0714. The number of carbonyl (C=O) groups is 1. The Balaban J connectivity index is 2.23. The third kappa shape index (κ3) is 2.92. The normalized spacial score (nSPS) is 12.0. The summed E-state index contributed by atoms with van der Waals surface area (Å²) in [7, 11) is 0. The van der Waals surface area contributed by atoms with Gasteiger partial charge in [-0.25, -0.2) is 0 Å². The van der Waals surface area contributed by atoms with Crippen LogP contribution < -0.4 is 4.90 Å². The van der Waals surface area contributed by atoms with Gasteiger partial charge in [0.25, 0.3) is 0 Å². The molecule has 86 valence electrons. The molecule has 0 radical (unpaired) electrons. The Morgan fingerprint density at radius 1 is 0.941 bits per heavy atom. The quantitative estimate of drug-likeness (QED) is 0.844. The Bertz CT molecular complexity index is 482. The van der Waals surface area contributed by atoms with E-state index in [9.17, 15) is 9.90 Å². The van der Waals surface area contributed by atoms with Gasteiger partial charge in [0, 0.05) is 5.56 Å². The van der Waals surface area contributed by atoms with Crippen LogP contribution in [0.1, 0.15) is 5.56 Å². The molecule has 0 aliphatic carbocycles. The van der Waals surface area contributed by atoms with E-state index in [0.29, 0.717) is 11.4 Å². The third-order valence-electron chi connectivity index (χ3n) is 2.60. The lowest BCUT2D eigenvalue weighted by Crippen LogP contribution is -3.08. The van der Waals surface area contributed by atoms with Crippen molar-refractivity contribution in [2.75, 3.05) is 0 Å². The molecule has 1 amide bonds. The van der Waals surface area contributed by atoms with Gasteiger partial charge in [-0.1, -0.05) is 48.5 Å². The van der Waals surface area contributed by atoms with Crippen molar-refractivity contribution >= 4 is 11.8 Å². The highest BCUT2D eigenvalue weighted by Crippen LogP contribution is 2.02. The van der Waals surface area contributed by atoms with Crippen LogP contribution >= 0.6 is 0 Å². The molecular formula is C14H14NO2+. The lowest BCUT2D eigenvalue weighted by Gasteiger charge is -2.12. The average Bonchev–Trinajstić information content (AvgIpc) is 2.38. The summed E-state index contributed by atoms with van der Waals surface area (Å²) in [6.07, 6.45) is -0.861. The van der Waals surface area contributed by atoms with Gasteiger partial charge in [0.2, 0.25) is 0 Å². The van der Waals surface area contributed by atoms with Crippen LogP contribution in [0.5, 0.6) is 0 Å². The molecule has 3 heteroatoms. The van der Waals surface area contributed by atoms with E-state index in [2.05, 4.69) is 0 Å². The number of rotatable bonds is 3. The summed E-state index contributed by atoms with van der Waals surface area (Å²) >= 11 is 0. The second kappa shape index (κ2) is 5.27. The topological polar surface area (TPSA) is 41.7 Å². The number of hydrogen-bond donors (Lipinski definition) is 2. The summed E-state index contributed by atoms with van der Waals surface area (Å²) < 4.78 is 0. The number of benzene rings is 2. The lowest BCUT2D eigenvalue weighted by atomic mass is 10.2. The zero-order chi connectivity index (χ0) is 12.1. The van der Waals surface area contributed by atoms with Gasteiger partial charge in [0.15, 0.2) is 0 Å². The number of carboxylic acid groups (broad SMARTS) is 1. The van der Waals surface area contributed by atoms with Crippen LogP contribution in [0, 0.1) is 0 Å². The highest BCUT2D eigenvalue weighted by molar-refractivity contribution is 5.58. The summed E-state index contributed by atoms with van der Waals surface area (Å²) in [4.78, 5) is 11.7. The number of amides is 1. The Morgan fingerprint density at radius 2 is 1.47 bits per heavy atom. The van der Waals surface area contributed by atoms with Crippen LogP contribution in [0.4, 0.5) is 10.5 Å². The van der Waals surface area contributed by atoms with Gasteiger partial charge in [-0.2, -0.15) is 9.69 Å². The van der Waals surface area contributed by atoms with Crippen molar-refractivity contribution in [1.29, 1.82) is 0 Å². The molecule has 17 heavy (non-hydrogen) atoms. The van der Waals surface area contributed by atoms with Crippen molar-refractivity contribution < 1.29 is 14.8 Å². The first-order valence-electron chi connectivity index (χ1n) is 5.46. The van der Waals surface area contributed by atoms with E-state index >= 15 is 0 Å². The molecule has 0 saturated carbocycles. The molecule has 0 bridgehead atoms. The first-order valence-corrected chi connectivity index (χ1v) is 5.46. The molecule has 0 spiro atoms. The van der Waals surface area contributed by atoms with Gasteiger partial charge in [-0.05, 0) is 12.1 Å². The van der Waals surface area contributed by atoms with E-state index in [1.54, 1.807) is 0 Å². The molecule has 2 aromatic rings. The van der Waals surface area contributed by atoms with Gasteiger partial charge >= 0.3 is 6.09 Å². The smallest absolute Gasteiger partial charge is 0.435 e. The summed E-state index contributed by atoms with van der Waals surface area (Å²) in [6, 6.07) is 18.9. The second-order valence-corrected chi connectivity index (χ2v) is 3.81. The summed E-state index contributed by atoms with van der Waals surface area (Å²) in [5.41, 5.74) is 1.78. The SMILES string of the molecule is O=C(O)[NH+](Cc1ccccc1)c1ccccc1. The lowest BCUT2D eigenvalue weighted by molar-refractivity contribution is -0.767. The van der Waals surface area contributed by atoms with Crippen LogP contribution in [0.3, 0.4) is 0 Å². The third-order valence-corrected chi connectivity index (χ3v) is 2.60. The predicted molar refractivity (Wildman–Crippen MR) is 65.2 cm³/mol. The van der Waals surface area contributed by atoms with E-state index in [4.69, 9.17) is 0 Å². The molecule has 0 aromatic heterocycles. The zero-order valence-electron chi connectivity index (χ0n) is 9.34. The second-order valence-electron chi connectivity index (χ2n) is 3.81. The van der Waals surface area contributed by atoms with E-state index in [1.165, 1.54) is 0 Å². The minimum Gasteiger partial charge on any atom is -0.435 e. The van der Waals surface area contributed by atoms with Crippen molar-refractivity contribution in [2.45, 2.75) is 6.54 Å². The minimum atomic E-state index is -0.861. The summed E-state index contributed by atoms with van der Waals surface area (Å²) in [5.74, 6) is 0. The van der Waals surface area contributed by atoms with E-state index in [-0.39, 0.29) is 0 Å². The fourth-order valence-corrected chi connectivity index (χ4v) is 1.74. The van der Waals surface area contributed by atoms with Gasteiger partial charge in [0.05, 0.1) is 0 Å². The first-order chi connectivity index (χ1) is 8.27. The Hall–Kier alpha value is -2.13. The van der Waals surface area contributed by atoms with Crippen LogP contribution in [-0.4, -0.2) is 11.2 Å². The summed E-state index contributed by atoms with van der Waals surface area (Å²) in [6.45, 7) is 0.445. The van der Waals surface area contributed by atoms with Crippen molar-refractivity contribution in [2.24, 2.45) is 0 Å². The van der Waals surface area contributed by atoms with Gasteiger partial charge in [-0.15, -0.1) is 0 Å². The predicted octanol–water partition coefficient (Wildman–Crippen LogP) is 2.08. The maximum absolute atomic E-state index is 11.3. The molecule has 3 nitrogen and oxygen atoms in total. The number of quaternary nitrogens is 1. The molecule has 2 N–H and O–H groups in total. The minimum absolute atomic E-state index is 0.428. The fourth-order valence-electron chi connectivity index (χ4n) is 1.74. The van der Waals surface area contributed by atoms with Crippen LogP contribution in [-0.2, 0) is 6.54 Å². The maximum Gasteiger partial charge on any atom is 0.517 e. The monoisotopic (exact) mass is 228 g/mol. The van der Waals surface area contributed by atoms with Crippen LogP contribution in [0.15, 0.2) is 60.7 Å². The summed E-state index contributed by atoms with van der Waals surface area (Å²) in [5, 5.41) is 9.25. The highest BCUT2D eigenvalue weighted by atomic mass is 16.4. The molecule has 2 rings (SSSR count). The highest BCUT2D eigenvalue weighted by Gasteiger charge is 2.20. The zero-order valence-corrected chi connectivity index (χ0v) is 9.34. The van der Waals surface area contributed by atoms with Crippen LogP contribution in [0.2, 0.25) is 0 Å². The molecular weight excluding hydrogens is 214 g/mol. The largest absolute Gasteiger partial charge is 0.517 e. The number of hydrogen-bond acceptors (Lipinski definition) is 1. The van der Waals surface area contributed by atoms with E-state index < -0.39 is 6.09 Å². The standard InChI is InChI=1S/C14H13NO2/c16-14(17)15(13-9-5-2-6-10-13)11-12-7-3-1-4-8-12/h1-10H,11H2,(H,16,17)/p+1. The van der Waals surface area contributed by atoms with E-state index in [1.807, 2.05) is 60.7 Å². The molecule has 0 aliphatic heterocycles. The molecule has 0 aliphatic rings. The molecule has 2 aromatic carbocycles. The first kappa shape index (κ1) is 11.4. The number of nitrogens with one attached hydrogen (secondary N) is 1. The van der Waals surface area contributed by atoms with Crippen molar-refractivity contribution in [3.63, 3.8) is 0 Å². The van der Waals surface area contributed by atoms with Gasteiger partial charge < -0.3 is 5.11 Å². The van der Waals surface area contributed by atoms with Crippen molar-refractivity contribution in [3.05, 3.63) is 66.2 Å². The molecule has 1 unspecified atom stereocenters. The molecule has 0 fully saturated rings. The number of para-hydroxylation sites is 1. The average molecular weight is 228 g/mol. The maximum atomic E-state index is 11.3. The molecule has 0 saturated heterocycles. The molecule has 0 heterocycles. The Morgan fingerprint density at radius 3 is 2.00 bits per heavy atom.